The number of carbonyl (C=O) groups is 1. The fraction of sp³-hybridized carbons (Fsp3) is 0.643. The fourth-order valence-corrected chi connectivity index (χ4v) is 3.58. The Morgan fingerprint density at radius 3 is 2.95 bits per heavy atom. The molecule has 3 atom stereocenters. The second-order valence-corrected chi connectivity index (χ2v) is 6.22. The number of carbonyl (C=O) groups excluding carboxylic acids is 1. The van der Waals surface area contributed by atoms with E-state index in [1.54, 1.807) is 6.07 Å². The highest BCUT2D eigenvalue weighted by Gasteiger charge is 2.39. The largest absolute Gasteiger partial charge is 0.457 e. The normalized spacial score (nSPS) is 30.7. The summed E-state index contributed by atoms with van der Waals surface area (Å²) in [6, 6.07) is 1.64. The summed E-state index contributed by atoms with van der Waals surface area (Å²) >= 11 is 3.21. The SMILES string of the molecule is O=C(c1coc(Br)c1)N1CCOC[C@@H]1[C@@H]1CCC[C@H]1O. The minimum atomic E-state index is -0.326. The maximum Gasteiger partial charge on any atom is 0.257 e. The van der Waals surface area contributed by atoms with E-state index in [1.165, 1.54) is 6.26 Å². The van der Waals surface area contributed by atoms with E-state index >= 15 is 0 Å². The molecule has 1 saturated carbocycles. The summed E-state index contributed by atoms with van der Waals surface area (Å²) in [5, 5.41) is 10.1. The van der Waals surface area contributed by atoms with Crippen LogP contribution in [0.1, 0.15) is 29.6 Å². The minimum absolute atomic E-state index is 0.0394. The van der Waals surface area contributed by atoms with Crippen molar-refractivity contribution in [3.63, 3.8) is 0 Å². The van der Waals surface area contributed by atoms with E-state index in [4.69, 9.17) is 9.15 Å². The van der Waals surface area contributed by atoms with Gasteiger partial charge in [0.05, 0.1) is 30.9 Å². The van der Waals surface area contributed by atoms with Crippen molar-refractivity contribution in [2.45, 2.75) is 31.4 Å². The molecule has 1 saturated heterocycles. The van der Waals surface area contributed by atoms with Crippen LogP contribution in [0.4, 0.5) is 0 Å². The first-order valence-electron chi connectivity index (χ1n) is 6.97. The molecule has 2 aliphatic rings. The van der Waals surface area contributed by atoms with Gasteiger partial charge in [-0.05, 0) is 28.8 Å². The van der Waals surface area contributed by atoms with E-state index in [9.17, 15) is 9.90 Å². The van der Waals surface area contributed by atoms with E-state index in [-0.39, 0.29) is 24.0 Å². The molecule has 1 aromatic heterocycles. The van der Waals surface area contributed by atoms with Crippen LogP contribution < -0.4 is 0 Å². The van der Waals surface area contributed by atoms with Gasteiger partial charge < -0.3 is 19.2 Å². The summed E-state index contributed by atoms with van der Waals surface area (Å²) in [6.45, 7) is 1.62. The molecule has 2 heterocycles. The number of ether oxygens (including phenoxy) is 1. The number of amides is 1. The van der Waals surface area contributed by atoms with Gasteiger partial charge in [-0.25, -0.2) is 0 Å². The number of hydrogen-bond donors (Lipinski definition) is 1. The molecule has 1 amide bonds. The molecule has 0 spiro atoms. The van der Waals surface area contributed by atoms with Crippen LogP contribution in [0.3, 0.4) is 0 Å². The molecule has 6 heteroatoms. The van der Waals surface area contributed by atoms with Gasteiger partial charge in [0.1, 0.15) is 6.26 Å². The monoisotopic (exact) mass is 343 g/mol. The molecule has 1 N–H and O–H groups in total. The summed E-state index contributed by atoms with van der Waals surface area (Å²) in [4.78, 5) is 14.4. The second-order valence-electron chi connectivity index (χ2n) is 5.44. The molecule has 1 aromatic rings. The fourth-order valence-electron chi connectivity index (χ4n) is 3.24. The van der Waals surface area contributed by atoms with Crippen LogP contribution in [-0.2, 0) is 4.74 Å². The molecule has 1 aliphatic heterocycles. The minimum Gasteiger partial charge on any atom is -0.457 e. The van der Waals surface area contributed by atoms with Crippen molar-refractivity contribution in [2.75, 3.05) is 19.8 Å². The summed E-state index contributed by atoms with van der Waals surface area (Å²) in [7, 11) is 0. The average Bonchev–Trinajstić information content (AvgIpc) is 3.07. The van der Waals surface area contributed by atoms with Crippen molar-refractivity contribution < 1.29 is 19.1 Å². The molecule has 20 heavy (non-hydrogen) atoms. The molecular weight excluding hydrogens is 326 g/mol. The van der Waals surface area contributed by atoms with Crippen LogP contribution in [0.2, 0.25) is 0 Å². The van der Waals surface area contributed by atoms with Crippen molar-refractivity contribution in [3.05, 3.63) is 22.6 Å². The molecule has 0 radical (unpaired) electrons. The Bertz CT molecular complexity index is 489. The predicted octanol–water partition coefficient (Wildman–Crippen LogP) is 2.04. The first-order chi connectivity index (χ1) is 9.66. The summed E-state index contributed by atoms with van der Waals surface area (Å²) < 4.78 is 11.2. The van der Waals surface area contributed by atoms with E-state index in [2.05, 4.69) is 15.9 Å². The lowest BCUT2D eigenvalue weighted by atomic mass is 9.94. The van der Waals surface area contributed by atoms with E-state index in [1.807, 2.05) is 4.90 Å². The van der Waals surface area contributed by atoms with Gasteiger partial charge in [0, 0.05) is 18.5 Å². The number of morpholine rings is 1. The van der Waals surface area contributed by atoms with Gasteiger partial charge in [0.2, 0.25) is 0 Å². The van der Waals surface area contributed by atoms with Crippen LogP contribution in [0.15, 0.2) is 21.4 Å². The third kappa shape index (κ3) is 2.64. The van der Waals surface area contributed by atoms with Gasteiger partial charge >= 0.3 is 0 Å². The number of rotatable bonds is 2. The maximum absolute atomic E-state index is 12.6. The highest BCUT2D eigenvalue weighted by molar-refractivity contribution is 9.10. The van der Waals surface area contributed by atoms with Gasteiger partial charge in [-0.1, -0.05) is 6.42 Å². The van der Waals surface area contributed by atoms with E-state index in [0.29, 0.717) is 30.0 Å². The van der Waals surface area contributed by atoms with Crippen molar-refractivity contribution in [3.8, 4) is 0 Å². The molecule has 1 aliphatic carbocycles. The van der Waals surface area contributed by atoms with Crippen molar-refractivity contribution in [1.82, 2.24) is 4.90 Å². The van der Waals surface area contributed by atoms with Crippen LogP contribution >= 0.6 is 15.9 Å². The van der Waals surface area contributed by atoms with Gasteiger partial charge in [-0.15, -0.1) is 0 Å². The van der Waals surface area contributed by atoms with Crippen LogP contribution in [0, 0.1) is 5.92 Å². The molecular formula is C14H18BrNO4. The second kappa shape index (κ2) is 5.87. The zero-order valence-electron chi connectivity index (χ0n) is 11.1. The van der Waals surface area contributed by atoms with Gasteiger partial charge in [-0.2, -0.15) is 0 Å². The number of halogens is 1. The number of nitrogens with zero attached hydrogens (tertiary/aromatic N) is 1. The average molecular weight is 344 g/mol. The lowest BCUT2D eigenvalue weighted by Gasteiger charge is -2.39. The highest BCUT2D eigenvalue weighted by Crippen LogP contribution is 2.33. The lowest BCUT2D eigenvalue weighted by molar-refractivity contribution is -0.0383. The smallest absolute Gasteiger partial charge is 0.257 e. The zero-order chi connectivity index (χ0) is 14.1. The van der Waals surface area contributed by atoms with Crippen LogP contribution in [-0.4, -0.2) is 47.8 Å². The van der Waals surface area contributed by atoms with Gasteiger partial charge in [0.15, 0.2) is 4.67 Å². The Morgan fingerprint density at radius 2 is 2.30 bits per heavy atom. The van der Waals surface area contributed by atoms with Crippen LogP contribution in [0.5, 0.6) is 0 Å². The predicted molar refractivity (Wildman–Crippen MR) is 75.4 cm³/mol. The Kier molecular flexibility index (Phi) is 4.14. The van der Waals surface area contributed by atoms with E-state index < -0.39 is 0 Å². The zero-order valence-corrected chi connectivity index (χ0v) is 12.7. The number of furan rings is 1. The lowest BCUT2D eigenvalue weighted by Crippen LogP contribution is -2.53. The number of aliphatic hydroxyl groups excluding tert-OH is 1. The molecule has 0 bridgehead atoms. The van der Waals surface area contributed by atoms with Crippen LogP contribution in [0.25, 0.3) is 0 Å². The van der Waals surface area contributed by atoms with E-state index in [0.717, 1.165) is 19.3 Å². The quantitative estimate of drug-likeness (QED) is 0.892. The molecule has 2 fully saturated rings. The maximum atomic E-state index is 12.6. The summed E-state index contributed by atoms with van der Waals surface area (Å²) in [5.41, 5.74) is 0.538. The molecule has 0 unspecified atom stereocenters. The highest BCUT2D eigenvalue weighted by atomic mass is 79.9. The first-order valence-corrected chi connectivity index (χ1v) is 7.77. The standard InChI is InChI=1S/C14H18BrNO4/c15-13-6-9(7-20-13)14(18)16-4-5-19-8-11(16)10-2-1-3-12(10)17/h6-7,10-12,17H,1-5,8H2/t10-,11+,12+/m0/s1. The molecule has 110 valence electrons. The molecule has 0 aromatic carbocycles. The summed E-state index contributed by atoms with van der Waals surface area (Å²) in [5.74, 6) is 0.0708. The van der Waals surface area contributed by atoms with Gasteiger partial charge in [0.25, 0.3) is 5.91 Å². The first kappa shape index (κ1) is 14.1. The Labute approximate surface area is 126 Å². The number of hydrogen-bond acceptors (Lipinski definition) is 4. The third-order valence-corrected chi connectivity index (χ3v) is 4.68. The number of aliphatic hydroxyl groups is 1. The topological polar surface area (TPSA) is 62.9 Å². The van der Waals surface area contributed by atoms with Gasteiger partial charge in [-0.3, -0.25) is 4.79 Å². The van der Waals surface area contributed by atoms with Crippen molar-refractivity contribution >= 4 is 21.8 Å². The Balaban J connectivity index is 1.79. The molecule has 5 nitrogen and oxygen atoms in total. The third-order valence-electron chi connectivity index (χ3n) is 4.27. The van der Waals surface area contributed by atoms with Crippen molar-refractivity contribution in [1.29, 1.82) is 0 Å². The van der Waals surface area contributed by atoms with Crippen molar-refractivity contribution in [2.24, 2.45) is 5.92 Å². The molecule has 3 rings (SSSR count). The Morgan fingerprint density at radius 1 is 1.45 bits per heavy atom. The summed E-state index contributed by atoms with van der Waals surface area (Å²) in [6.07, 6.45) is 3.92. The Hall–Kier alpha value is -0.850.